The van der Waals surface area contributed by atoms with Gasteiger partial charge >= 0.3 is 0 Å². The van der Waals surface area contributed by atoms with E-state index in [1.807, 2.05) is 6.92 Å². The van der Waals surface area contributed by atoms with Gasteiger partial charge in [0.15, 0.2) is 0 Å². The minimum Gasteiger partial charge on any atom is -0.258 e. The van der Waals surface area contributed by atoms with E-state index in [4.69, 9.17) is 0 Å². The van der Waals surface area contributed by atoms with Gasteiger partial charge in [0.1, 0.15) is 0 Å². The molecule has 2 atom stereocenters. The number of sulfonamides is 1. The Hall–Kier alpha value is -2.25. The Morgan fingerprint density at radius 2 is 1.68 bits per heavy atom. The van der Waals surface area contributed by atoms with E-state index in [0.717, 1.165) is 11.1 Å². The van der Waals surface area contributed by atoms with Gasteiger partial charge in [-0.25, -0.2) is 8.42 Å². The molecule has 0 aliphatic carbocycles. The van der Waals surface area contributed by atoms with E-state index in [2.05, 4.69) is 0 Å². The molecule has 0 bridgehead atoms. The first-order valence-corrected chi connectivity index (χ1v) is 8.16. The second-order valence-electron chi connectivity index (χ2n) is 5.25. The molecule has 1 fully saturated rings. The van der Waals surface area contributed by atoms with E-state index in [0.29, 0.717) is 6.54 Å². The lowest BCUT2D eigenvalue weighted by Crippen LogP contribution is -2.12. The lowest BCUT2D eigenvalue weighted by atomic mass is 10.1. The van der Waals surface area contributed by atoms with Crippen molar-refractivity contribution in [2.75, 3.05) is 6.54 Å². The SMILES string of the molecule is Cc1ccc(S(=O)(=O)N2CC2c2ccc([N+](=O)[O-])cc2)cc1. The number of aryl methyl sites for hydroxylation is 1. The van der Waals surface area contributed by atoms with Crippen LogP contribution in [0.5, 0.6) is 0 Å². The average molecular weight is 318 g/mol. The molecule has 7 heteroatoms. The van der Waals surface area contributed by atoms with Gasteiger partial charge in [0.25, 0.3) is 5.69 Å². The predicted octanol–water partition coefficient (Wildman–Crippen LogP) is 2.65. The molecule has 22 heavy (non-hydrogen) atoms. The Bertz CT molecular complexity index is 814. The number of hydrogen-bond donors (Lipinski definition) is 0. The monoisotopic (exact) mass is 318 g/mol. The van der Waals surface area contributed by atoms with Gasteiger partial charge in [-0.1, -0.05) is 29.8 Å². The highest BCUT2D eigenvalue weighted by Gasteiger charge is 2.45. The van der Waals surface area contributed by atoms with Crippen molar-refractivity contribution in [3.63, 3.8) is 0 Å². The molecule has 0 spiro atoms. The summed E-state index contributed by atoms with van der Waals surface area (Å²) in [6.45, 7) is 2.29. The van der Waals surface area contributed by atoms with Crippen molar-refractivity contribution in [3.05, 3.63) is 69.8 Å². The smallest absolute Gasteiger partial charge is 0.258 e. The Morgan fingerprint density at radius 1 is 1.09 bits per heavy atom. The number of nitrogens with zero attached hydrogens (tertiary/aromatic N) is 2. The molecule has 0 N–H and O–H groups in total. The van der Waals surface area contributed by atoms with Gasteiger partial charge in [-0.2, -0.15) is 4.31 Å². The molecular formula is C15H14N2O4S. The topological polar surface area (TPSA) is 80.3 Å². The molecule has 1 aliphatic rings. The maximum absolute atomic E-state index is 12.5. The minimum atomic E-state index is -3.51. The summed E-state index contributed by atoms with van der Waals surface area (Å²) in [5.74, 6) is 0. The van der Waals surface area contributed by atoms with E-state index >= 15 is 0 Å². The normalized spacial score (nSPS) is 20.6. The van der Waals surface area contributed by atoms with Crippen LogP contribution in [-0.4, -0.2) is 24.2 Å². The molecule has 1 saturated heterocycles. The largest absolute Gasteiger partial charge is 0.269 e. The first-order chi connectivity index (χ1) is 10.4. The third-order valence-electron chi connectivity index (χ3n) is 3.68. The minimum absolute atomic E-state index is 0.00246. The molecule has 0 amide bonds. The van der Waals surface area contributed by atoms with Crippen LogP contribution in [0.2, 0.25) is 0 Å². The molecule has 0 aromatic heterocycles. The highest BCUT2D eigenvalue weighted by Crippen LogP contribution is 2.40. The summed E-state index contributed by atoms with van der Waals surface area (Å²) in [6, 6.07) is 12.5. The Morgan fingerprint density at radius 3 is 2.23 bits per heavy atom. The van der Waals surface area contributed by atoms with Crippen molar-refractivity contribution in [2.45, 2.75) is 17.9 Å². The number of benzene rings is 2. The van der Waals surface area contributed by atoms with Gasteiger partial charge < -0.3 is 0 Å². The van der Waals surface area contributed by atoms with Crippen LogP contribution in [0.4, 0.5) is 5.69 Å². The summed E-state index contributed by atoms with van der Waals surface area (Å²) in [5.41, 5.74) is 1.76. The Labute approximate surface area is 128 Å². The second kappa shape index (κ2) is 5.19. The van der Waals surface area contributed by atoms with E-state index in [-0.39, 0.29) is 16.6 Å². The Kier molecular flexibility index (Phi) is 3.46. The van der Waals surface area contributed by atoms with Gasteiger partial charge in [-0.3, -0.25) is 10.1 Å². The van der Waals surface area contributed by atoms with Crippen LogP contribution < -0.4 is 0 Å². The van der Waals surface area contributed by atoms with E-state index in [9.17, 15) is 18.5 Å². The van der Waals surface area contributed by atoms with Crippen molar-refractivity contribution in [1.29, 1.82) is 0 Å². The molecule has 2 unspecified atom stereocenters. The molecule has 1 aliphatic heterocycles. The van der Waals surface area contributed by atoms with Crippen LogP contribution in [0.15, 0.2) is 53.4 Å². The molecule has 0 saturated carbocycles. The van der Waals surface area contributed by atoms with Crippen LogP contribution in [0, 0.1) is 17.0 Å². The third-order valence-corrected chi connectivity index (χ3v) is 5.57. The van der Waals surface area contributed by atoms with Gasteiger partial charge in [-0.05, 0) is 24.6 Å². The van der Waals surface area contributed by atoms with Crippen molar-refractivity contribution in [3.8, 4) is 0 Å². The van der Waals surface area contributed by atoms with Gasteiger partial charge in [0.2, 0.25) is 10.0 Å². The molecule has 2 aromatic carbocycles. The second-order valence-corrected chi connectivity index (χ2v) is 7.14. The Balaban J connectivity index is 1.81. The first kappa shape index (κ1) is 14.7. The van der Waals surface area contributed by atoms with Gasteiger partial charge in [-0.15, -0.1) is 0 Å². The van der Waals surface area contributed by atoms with Crippen LogP contribution in [0.3, 0.4) is 0 Å². The van der Waals surface area contributed by atoms with E-state index < -0.39 is 14.9 Å². The number of nitro groups is 1. The number of nitro benzene ring substituents is 1. The summed E-state index contributed by atoms with van der Waals surface area (Å²) >= 11 is 0. The fraction of sp³-hybridized carbons (Fsp3) is 0.200. The van der Waals surface area contributed by atoms with Crippen LogP contribution in [0.1, 0.15) is 17.2 Å². The summed E-state index contributed by atoms with van der Waals surface area (Å²) in [7, 11) is -3.51. The zero-order valence-electron chi connectivity index (χ0n) is 11.8. The maximum atomic E-state index is 12.5. The molecule has 114 valence electrons. The lowest BCUT2D eigenvalue weighted by molar-refractivity contribution is -0.384. The molecule has 0 radical (unpaired) electrons. The fourth-order valence-corrected chi connectivity index (χ4v) is 3.87. The summed E-state index contributed by atoms with van der Waals surface area (Å²) in [6.07, 6.45) is 0. The predicted molar refractivity (Wildman–Crippen MR) is 80.9 cm³/mol. The molecule has 1 heterocycles. The third kappa shape index (κ3) is 2.60. The number of non-ortho nitro benzene ring substituents is 1. The standard InChI is InChI=1S/C15H14N2O4S/c1-11-2-8-14(9-3-11)22(20,21)16-10-15(16)12-4-6-13(7-5-12)17(18)19/h2-9,15H,10H2,1H3. The highest BCUT2D eigenvalue weighted by molar-refractivity contribution is 7.89. The zero-order chi connectivity index (χ0) is 15.9. The fourth-order valence-electron chi connectivity index (χ4n) is 2.32. The van der Waals surface area contributed by atoms with Gasteiger partial charge in [0, 0.05) is 18.7 Å². The maximum Gasteiger partial charge on any atom is 0.269 e. The molecular weight excluding hydrogens is 304 g/mol. The quantitative estimate of drug-likeness (QED) is 0.493. The number of hydrogen-bond acceptors (Lipinski definition) is 4. The van der Waals surface area contributed by atoms with Gasteiger partial charge in [0.05, 0.1) is 15.9 Å². The van der Waals surface area contributed by atoms with Crippen LogP contribution in [-0.2, 0) is 10.0 Å². The lowest BCUT2D eigenvalue weighted by Gasteiger charge is -2.07. The van der Waals surface area contributed by atoms with Crippen molar-refractivity contribution in [2.24, 2.45) is 0 Å². The summed E-state index contributed by atoms with van der Waals surface area (Å²) < 4.78 is 26.4. The van der Waals surface area contributed by atoms with Crippen molar-refractivity contribution < 1.29 is 13.3 Å². The summed E-state index contributed by atoms with van der Waals surface area (Å²) in [5, 5.41) is 10.6. The van der Waals surface area contributed by atoms with E-state index in [1.54, 1.807) is 36.4 Å². The molecule has 6 nitrogen and oxygen atoms in total. The summed E-state index contributed by atoms with van der Waals surface area (Å²) in [4.78, 5) is 10.4. The first-order valence-electron chi connectivity index (χ1n) is 6.72. The highest BCUT2D eigenvalue weighted by atomic mass is 32.2. The average Bonchev–Trinajstić information content (AvgIpc) is 3.29. The van der Waals surface area contributed by atoms with Crippen molar-refractivity contribution >= 4 is 15.7 Å². The molecule has 3 rings (SSSR count). The van der Waals surface area contributed by atoms with E-state index in [1.165, 1.54) is 16.4 Å². The molecule has 2 aromatic rings. The van der Waals surface area contributed by atoms with Crippen LogP contribution in [0.25, 0.3) is 0 Å². The van der Waals surface area contributed by atoms with Crippen molar-refractivity contribution in [1.82, 2.24) is 4.31 Å². The zero-order valence-corrected chi connectivity index (χ0v) is 12.7. The van der Waals surface area contributed by atoms with Crippen LogP contribution >= 0.6 is 0 Å². The number of rotatable bonds is 4.